The predicted molar refractivity (Wildman–Crippen MR) is 131 cm³/mol. The maximum Gasteiger partial charge on any atom is 0.191 e. The van der Waals surface area contributed by atoms with E-state index in [4.69, 9.17) is 4.74 Å². The monoisotopic (exact) mass is 526 g/mol. The Morgan fingerprint density at radius 1 is 1.31 bits per heavy atom. The Bertz CT molecular complexity index is 832. The highest BCUT2D eigenvalue weighted by atomic mass is 127. The molecule has 1 unspecified atom stereocenters. The van der Waals surface area contributed by atoms with Crippen molar-refractivity contribution in [1.82, 2.24) is 15.6 Å². The molecule has 158 valence electrons. The number of nitrogens with one attached hydrogen (secondary N) is 2. The van der Waals surface area contributed by atoms with E-state index in [1.165, 1.54) is 23.4 Å². The minimum atomic E-state index is -0.0119. The normalized spacial score (nSPS) is 19.9. The van der Waals surface area contributed by atoms with E-state index in [0.29, 0.717) is 0 Å². The number of hydrogen-bond acceptors (Lipinski definition) is 4. The molecule has 7 heteroatoms. The van der Waals surface area contributed by atoms with Gasteiger partial charge >= 0.3 is 0 Å². The predicted octanol–water partition coefficient (Wildman–Crippen LogP) is 4.87. The molecule has 1 atom stereocenters. The Balaban J connectivity index is 0.00000240. The third-order valence-corrected chi connectivity index (χ3v) is 6.86. The number of hydrogen-bond donors (Lipinski definition) is 2. The molecule has 1 spiro atoms. The highest BCUT2D eigenvalue weighted by Gasteiger charge is 2.43. The summed E-state index contributed by atoms with van der Waals surface area (Å²) in [5.41, 5.74) is 2.38. The molecule has 1 aromatic carbocycles. The fourth-order valence-electron chi connectivity index (χ4n) is 4.37. The number of halogens is 1. The highest BCUT2D eigenvalue weighted by Crippen LogP contribution is 2.46. The van der Waals surface area contributed by atoms with E-state index in [-0.39, 0.29) is 35.6 Å². The van der Waals surface area contributed by atoms with E-state index >= 15 is 0 Å². The Labute approximate surface area is 194 Å². The fraction of sp³-hybridized carbons (Fsp3) is 0.545. The van der Waals surface area contributed by atoms with Crippen LogP contribution in [0.5, 0.6) is 5.75 Å². The average molecular weight is 526 g/mol. The number of benzene rings is 1. The van der Waals surface area contributed by atoms with Crippen LogP contribution in [-0.2, 0) is 12.8 Å². The largest absolute Gasteiger partial charge is 0.487 e. The average Bonchev–Trinajstić information content (AvgIpc) is 3.36. The molecule has 1 aliphatic carbocycles. The molecule has 2 aliphatic rings. The number of guanidine groups is 1. The molecule has 1 saturated carbocycles. The fourth-order valence-corrected chi connectivity index (χ4v) is 5.15. The smallest absolute Gasteiger partial charge is 0.191 e. The van der Waals surface area contributed by atoms with Gasteiger partial charge in [-0.1, -0.05) is 25.1 Å². The second-order valence-electron chi connectivity index (χ2n) is 7.77. The minimum Gasteiger partial charge on any atom is -0.487 e. The van der Waals surface area contributed by atoms with Crippen LogP contribution in [-0.4, -0.2) is 30.1 Å². The molecule has 0 amide bonds. The first-order valence-electron chi connectivity index (χ1n) is 10.4. The van der Waals surface area contributed by atoms with Crippen LogP contribution in [0.4, 0.5) is 0 Å². The zero-order chi connectivity index (χ0) is 19.4. The zero-order valence-electron chi connectivity index (χ0n) is 17.2. The van der Waals surface area contributed by atoms with Crippen LogP contribution in [0.1, 0.15) is 61.3 Å². The van der Waals surface area contributed by atoms with E-state index in [2.05, 4.69) is 57.2 Å². The van der Waals surface area contributed by atoms with Crippen LogP contribution in [0.2, 0.25) is 0 Å². The van der Waals surface area contributed by atoms with Crippen LogP contribution >= 0.6 is 35.3 Å². The van der Waals surface area contributed by atoms with Crippen molar-refractivity contribution < 1.29 is 4.74 Å². The van der Waals surface area contributed by atoms with Gasteiger partial charge in [0.15, 0.2) is 5.96 Å². The summed E-state index contributed by atoms with van der Waals surface area (Å²) in [6.07, 6.45) is 7.73. The van der Waals surface area contributed by atoms with Crippen molar-refractivity contribution in [3.63, 3.8) is 0 Å². The molecule has 2 aromatic rings. The molecular weight excluding hydrogens is 495 g/mol. The lowest BCUT2D eigenvalue weighted by molar-refractivity contribution is 0.0396. The number of para-hydroxylation sites is 1. The third kappa shape index (κ3) is 5.23. The molecule has 1 fully saturated rings. The number of aromatic nitrogens is 1. The summed E-state index contributed by atoms with van der Waals surface area (Å²) in [6, 6.07) is 8.65. The lowest BCUT2D eigenvalue weighted by atomic mass is 9.86. The van der Waals surface area contributed by atoms with Crippen molar-refractivity contribution in [2.75, 3.05) is 13.6 Å². The number of ether oxygens (including phenoxy) is 1. The van der Waals surface area contributed by atoms with Gasteiger partial charge < -0.3 is 15.4 Å². The number of fused-ring (bicyclic) bond motifs is 1. The number of thiazole rings is 1. The quantitative estimate of drug-likeness (QED) is 0.332. The van der Waals surface area contributed by atoms with Crippen molar-refractivity contribution >= 4 is 41.3 Å². The molecule has 0 saturated heterocycles. The lowest BCUT2D eigenvalue weighted by Crippen LogP contribution is -2.47. The van der Waals surface area contributed by atoms with Gasteiger partial charge in [-0.2, -0.15) is 0 Å². The molecule has 1 aromatic heterocycles. The Hall–Kier alpha value is -1.35. The van der Waals surface area contributed by atoms with Crippen molar-refractivity contribution in [1.29, 1.82) is 0 Å². The Morgan fingerprint density at radius 2 is 2.10 bits per heavy atom. The Kier molecular flexibility index (Phi) is 7.79. The number of aryl methyl sites for hydroxylation is 1. The van der Waals surface area contributed by atoms with Crippen molar-refractivity contribution in [3.8, 4) is 5.75 Å². The van der Waals surface area contributed by atoms with E-state index in [9.17, 15) is 0 Å². The van der Waals surface area contributed by atoms with Gasteiger partial charge in [0.05, 0.1) is 16.7 Å². The van der Waals surface area contributed by atoms with Crippen LogP contribution in [0, 0.1) is 0 Å². The van der Waals surface area contributed by atoms with Crippen LogP contribution < -0.4 is 15.4 Å². The summed E-state index contributed by atoms with van der Waals surface area (Å²) in [5.74, 6) is 1.87. The molecule has 0 radical (unpaired) electrons. The first-order chi connectivity index (χ1) is 13.7. The number of nitrogens with zero attached hydrogens (tertiary/aromatic N) is 2. The zero-order valence-corrected chi connectivity index (χ0v) is 20.4. The minimum absolute atomic E-state index is 0. The van der Waals surface area contributed by atoms with Gasteiger partial charge in [0.2, 0.25) is 0 Å². The van der Waals surface area contributed by atoms with E-state index in [1.54, 1.807) is 11.3 Å². The van der Waals surface area contributed by atoms with Gasteiger partial charge in [-0.15, -0.1) is 35.3 Å². The summed E-state index contributed by atoms with van der Waals surface area (Å²) in [6.45, 7) is 2.97. The van der Waals surface area contributed by atoms with Crippen molar-refractivity contribution in [2.45, 2.75) is 63.5 Å². The second-order valence-corrected chi connectivity index (χ2v) is 8.71. The summed E-state index contributed by atoms with van der Waals surface area (Å²) in [5, 5.41) is 10.5. The van der Waals surface area contributed by atoms with Gasteiger partial charge in [-0.25, -0.2) is 4.98 Å². The first kappa shape index (κ1) is 22.3. The van der Waals surface area contributed by atoms with Crippen LogP contribution in [0.3, 0.4) is 0 Å². The summed E-state index contributed by atoms with van der Waals surface area (Å²) in [4.78, 5) is 9.11. The van der Waals surface area contributed by atoms with Crippen LogP contribution in [0.15, 0.2) is 34.6 Å². The van der Waals surface area contributed by atoms with Gasteiger partial charge in [0.25, 0.3) is 0 Å². The topological polar surface area (TPSA) is 58.5 Å². The number of rotatable bonds is 5. The standard InChI is InChI=1S/C22H30N4OS.HI/c1-3-20-25-16(15-28-20)10-13-24-21(23-2)26-18-14-22(11-6-7-12-22)27-19-9-5-4-8-17(18)19;/h4-5,8-9,15,18H,3,6-7,10-14H2,1-2H3,(H2,23,24,26);1H. The summed E-state index contributed by atoms with van der Waals surface area (Å²) >= 11 is 1.75. The van der Waals surface area contributed by atoms with E-state index in [0.717, 1.165) is 56.1 Å². The molecule has 5 nitrogen and oxygen atoms in total. The molecule has 4 rings (SSSR count). The maximum atomic E-state index is 6.47. The summed E-state index contributed by atoms with van der Waals surface area (Å²) in [7, 11) is 1.84. The van der Waals surface area contributed by atoms with Gasteiger partial charge in [-0.05, 0) is 38.2 Å². The van der Waals surface area contributed by atoms with Crippen molar-refractivity contribution in [3.05, 3.63) is 45.9 Å². The maximum absolute atomic E-state index is 6.47. The van der Waals surface area contributed by atoms with E-state index < -0.39 is 0 Å². The van der Waals surface area contributed by atoms with Gasteiger partial charge in [0, 0.05) is 37.4 Å². The lowest BCUT2D eigenvalue weighted by Gasteiger charge is -2.40. The van der Waals surface area contributed by atoms with Gasteiger partial charge in [0.1, 0.15) is 11.4 Å². The first-order valence-corrected chi connectivity index (χ1v) is 11.3. The van der Waals surface area contributed by atoms with E-state index in [1.807, 2.05) is 7.05 Å². The molecule has 29 heavy (non-hydrogen) atoms. The second kappa shape index (κ2) is 10.1. The SMILES string of the molecule is CCc1nc(CCNC(=NC)NC2CC3(CCCC3)Oc3ccccc32)cs1.I. The molecule has 2 N–H and O–H groups in total. The van der Waals surface area contributed by atoms with Crippen LogP contribution in [0.25, 0.3) is 0 Å². The highest BCUT2D eigenvalue weighted by molar-refractivity contribution is 14.0. The Morgan fingerprint density at radius 3 is 2.83 bits per heavy atom. The van der Waals surface area contributed by atoms with Gasteiger partial charge in [-0.3, -0.25) is 4.99 Å². The molecule has 1 aliphatic heterocycles. The molecular formula is C22H31IN4OS. The molecule has 2 heterocycles. The molecule has 0 bridgehead atoms. The van der Waals surface area contributed by atoms with Crippen molar-refractivity contribution in [2.24, 2.45) is 4.99 Å². The summed E-state index contributed by atoms with van der Waals surface area (Å²) < 4.78 is 6.47. The number of aliphatic imine (C=N–C) groups is 1. The third-order valence-electron chi connectivity index (χ3n) is 5.82.